The SMILES string of the molecule is COC(=O)CCC(=O)ON(C(=O)C1(C)CC[C@]2(C)CC[C@]3(C)C(=CC(=O)C4[C@@]5(C)CCCC(C)(C)C5CC[C@]43C)[C@@H]2C1)[C@@H](CSCc1ccccc1)C(=O)O. The lowest BCUT2D eigenvalue weighted by Gasteiger charge is -2.70. The molecule has 6 rings (SSSR count). The Balaban J connectivity index is 1.32. The third-order valence-corrected chi connectivity index (χ3v) is 17.0. The molecule has 0 saturated heterocycles. The van der Waals surface area contributed by atoms with E-state index in [0.29, 0.717) is 24.5 Å². The molecule has 9 atom stereocenters. The van der Waals surface area contributed by atoms with Gasteiger partial charge in [-0.3, -0.25) is 14.4 Å². The van der Waals surface area contributed by atoms with Crippen LogP contribution in [0.1, 0.15) is 131 Å². The fourth-order valence-corrected chi connectivity index (χ4v) is 13.6. The lowest BCUT2D eigenvalue weighted by molar-refractivity contribution is -0.218. The molecule has 0 heterocycles. The van der Waals surface area contributed by atoms with Crippen LogP contribution >= 0.6 is 11.8 Å². The number of benzene rings is 1. The largest absolute Gasteiger partial charge is 0.480 e. The number of aliphatic carboxylic acids is 1. The Morgan fingerprint density at radius 1 is 0.891 bits per heavy atom. The van der Waals surface area contributed by atoms with E-state index in [2.05, 4.69) is 41.5 Å². The molecule has 10 heteroatoms. The van der Waals surface area contributed by atoms with E-state index in [1.54, 1.807) is 0 Å². The molecule has 0 aliphatic heterocycles. The summed E-state index contributed by atoms with van der Waals surface area (Å²) < 4.78 is 4.69. The summed E-state index contributed by atoms with van der Waals surface area (Å²) in [5.74, 6) is -2.20. The molecule has 0 radical (unpaired) electrons. The Morgan fingerprint density at radius 3 is 2.24 bits per heavy atom. The van der Waals surface area contributed by atoms with Gasteiger partial charge in [0.15, 0.2) is 11.8 Å². The summed E-state index contributed by atoms with van der Waals surface area (Å²) >= 11 is 1.35. The first-order valence-corrected chi connectivity index (χ1v) is 21.6. The van der Waals surface area contributed by atoms with E-state index in [1.165, 1.54) is 25.3 Å². The summed E-state index contributed by atoms with van der Waals surface area (Å²) in [7, 11) is 1.22. The van der Waals surface area contributed by atoms with Gasteiger partial charge in [0.05, 0.1) is 25.4 Å². The number of amides is 1. The fraction of sp³-hybridized carbons (Fsp3) is 0.711. The number of methoxy groups -OCH3 is 1. The number of carboxylic acid groups (broad SMARTS) is 1. The molecule has 0 bridgehead atoms. The second-order valence-corrected chi connectivity index (χ2v) is 20.7. The number of thioether (sulfide) groups is 1. The Morgan fingerprint density at radius 2 is 1.56 bits per heavy atom. The number of hydroxylamine groups is 2. The van der Waals surface area contributed by atoms with Crippen molar-refractivity contribution in [2.45, 2.75) is 137 Å². The number of fused-ring (bicyclic) bond motifs is 7. The minimum absolute atomic E-state index is 0.00842. The van der Waals surface area contributed by atoms with Crippen molar-refractivity contribution in [1.29, 1.82) is 0 Å². The minimum Gasteiger partial charge on any atom is -0.480 e. The van der Waals surface area contributed by atoms with E-state index in [9.17, 15) is 29.1 Å². The third-order valence-electron chi connectivity index (χ3n) is 16.0. The second-order valence-electron chi connectivity index (χ2n) is 19.6. The van der Waals surface area contributed by atoms with Crippen molar-refractivity contribution in [3.8, 4) is 0 Å². The van der Waals surface area contributed by atoms with Gasteiger partial charge in [-0.05, 0) is 108 Å². The maximum Gasteiger partial charge on any atom is 0.333 e. The smallest absolute Gasteiger partial charge is 0.333 e. The summed E-state index contributed by atoms with van der Waals surface area (Å²) in [5, 5.41) is 11.3. The molecule has 1 aromatic rings. The molecule has 5 aliphatic carbocycles. The predicted molar refractivity (Wildman–Crippen MR) is 212 cm³/mol. The highest BCUT2D eigenvalue weighted by molar-refractivity contribution is 7.98. The van der Waals surface area contributed by atoms with Crippen LogP contribution in [0.5, 0.6) is 0 Å². The van der Waals surface area contributed by atoms with Crippen LogP contribution in [0.4, 0.5) is 0 Å². The van der Waals surface area contributed by atoms with Crippen molar-refractivity contribution in [2.75, 3.05) is 12.9 Å². The number of hydrogen-bond acceptors (Lipinski definition) is 8. The predicted octanol–water partition coefficient (Wildman–Crippen LogP) is 8.98. The summed E-state index contributed by atoms with van der Waals surface area (Å²) in [6.07, 6.45) is 10.5. The molecule has 1 aromatic carbocycles. The van der Waals surface area contributed by atoms with Crippen LogP contribution in [0.25, 0.3) is 0 Å². The maximum atomic E-state index is 15.0. The standard InChI is InChI=1S/C45H63NO8S/c1-40(2)18-12-19-43(5)34(40)17-20-45(7)37(43)33(47)25-30-31-26-42(4,22-21-41(31,3)23-24-44(30,45)6)39(52)46(54-36(49)16-15-35(48)53-8)32(38(50)51)28-55-27-29-13-10-9-11-14-29/h9-11,13-14,25,31-32,34,37H,12,15-24,26-28H2,1-8H3,(H,50,51)/t31-,32-,34?,37?,41+,42?,43-,44+,45+/m0/s1. The number of hydrogen-bond donors (Lipinski definition) is 1. The van der Waals surface area contributed by atoms with Crippen molar-refractivity contribution in [3.05, 3.63) is 47.5 Å². The average Bonchev–Trinajstić information content (AvgIpc) is 3.12. The van der Waals surface area contributed by atoms with E-state index < -0.39 is 35.3 Å². The van der Waals surface area contributed by atoms with Gasteiger partial charge in [0.25, 0.3) is 5.91 Å². The molecule has 3 unspecified atom stereocenters. The number of carboxylic acids is 1. The third kappa shape index (κ3) is 7.20. The van der Waals surface area contributed by atoms with Crippen molar-refractivity contribution in [3.63, 3.8) is 0 Å². The van der Waals surface area contributed by atoms with Gasteiger partial charge < -0.3 is 14.7 Å². The van der Waals surface area contributed by atoms with E-state index in [-0.39, 0.29) is 63.3 Å². The Kier molecular flexibility index (Phi) is 11.3. The first-order chi connectivity index (χ1) is 25.7. The number of carbonyl (C=O) groups is 5. The monoisotopic (exact) mass is 777 g/mol. The van der Waals surface area contributed by atoms with Gasteiger partial charge in [0, 0.05) is 17.4 Å². The van der Waals surface area contributed by atoms with Gasteiger partial charge in [-0.25, -0.2) is 9.59 Å². The maximum absolute atomic E-state index is 15.0. The molecule has 1 amide bonds. The van der Waals surface area contributed by atoms with Crippen molar-refractivity contribution in [2.24, 2.45) is 50.2 Å². The Bertz CT molecular complexity index is 1730. The zero-order chi connectivity index (χ0) is 40.2. The lowest BCUT2D eigenvalue weighted by atomic mass is 9.33. The van der Waals surface area contributed by atoms with Crippen LogP contribution in [0, 0.1) is 50.2 Å². The number of ether oxygens (including phenoxy) is 1. The van der Waals surface area contributed by atoms with Crippen molar-refractivity contribution < 1.29 is 38.7 Å². The highest BCUT2D eigenvalue weighted by atomic mass is 32.2. The molecular formula is C45H63NO8S. The topological polar surface area (TPSA) is 127 Å². The number of carbonyl (C=O) groups excluding carboxylic acids is 4. The van der Waals surface area contributed by atoms with E-state index in [4.69, 9.17) is 9.57 Å². The zero-order valence-electron chi connectivity index (χ0n) is 34.3. The number of nitrogens with zero attached hydrogens (tertiary/aromatic N) is 1. The van der Waals surface area contributed by atoms with Gasteiger partial charge in [0.2, 0.25) is 0 Å². The molecule has 0 aromatic heterocycles. The van der Waals surface area contributed by atoms with Gasteiger partial charge in [-0.2, -0.15) is 16.8 Å². The van der Waals surface area contributed by atoms with E-state index >= 15 is 0 Å². The van der Waals surface area contributed by atoms with Crippen LogP contribution in [-0.2, 0) is 39.3 Å². The quantitative estimate of drug-likeness (QED) is 0.183. The van der Waals surface area contributed by atoms with E-state index in [1.807, 2.05) is 43.3 Å². The Labute approximate surface area is 332 Å². The van der Waals surface area contributed by atoms with Crippen LogP contribution in [0.3, 0.4) is 0 Å². The van der Waals surface area contributed by atoms with Crippen LogP contribution in [0.2, 0.25) is 0 Å². The highest BCUT2D eigenvalue weighted by Crippen LogP contribution is 2.75. The molecule has 0 spiro atoms. The number of allylic oxidation sites excluding steroid dienone is 2. The van der Waals surface area contributed by atoms with Crippen LogP contribution < -0.4 is 0 Å². The first kappa shape index (κ1) is 41.5. The molecule has 1 N–H and O–H groups in total. The molecule has 55 heavy (non-hydrogen) atoms. The van der Waals surface area contributed by atoms with E-state index in [0.717, 1.165) is 61.1 Å². The zero-order valence-corrected chi connectivity index (χ0v) is 35.1. The lowest BCUT2D eigenvalue weighted by Crippen LogP contribution is -2.65. The van der Waals surface area contributed by atoms with Gasteiger partial charge >= 0.3 is 17.9 Å². The molecular weight excluding hydrogens is 715 g/mol. The van der Waals surface area contributed by atoms with Gasteiger partial charge in [0.1, 0.15) is 0 Å². The van der Waals surface area contributed by atoms with Crippen LogP contribution in [-0.4, -0.2) is 58.7 Å². The highest BCUT2D eigenvalue weighted by Gasteiger charge is 2.69. The number of esters is 1. The first-order valence-electron chi connectivity index (χ1n) is 20.5. The van der Waals surface area contributed by atoms with Crippen LogP contribution in [0.15, 0.2) is 42.0 Å². The summed E-state index contributed by atoms with van der Waals surface area (Å²) in [5.41, 5.74) is 0.627. The number of rotatable bonds is 10. The van der Waals surface area contributed by atoms with Gasteiger partial charge in [-0.15, -0.1) is 0 Å². The van der Waals surface area contributed by atoms with Gasteiger partial charge in [-0.1, -0.05) is 90.8 Å². The number of ketones is 1. The van der Waals surface area contributed by atoms with Crippen molar-refractivity contribution >= 4 is 41.4 Å². The molecule has 4 saturated carbocycles. The molecule has 302 valence electrons. The molecule has 5 aliphatic rings. The Hall–Kier alpha value is -3.14. The summed E-state index contributed by atoms with van der Waals surface area (Å²) in [6.45, 7) is 16.2. The minimum atomic E-state index is -1.45. The molecule has 4 fully saturated rings. The fourth-order valence-electron chi connectivity index (χ4n) is 12.5. The summed E-state index contributed by atoms with van der Waals surface area (Å²) in [6, 6.07) is 8.19. The second kappa shape index (κ2) is 15.0. The normalized spacial score (nSPS) is 36.8. The average molecular weight is 778 g/mol. The van der Waals surface area contributed by atoms with Crippen molar-refractivity contribution in [1.82, 2.24) is 5.06 Å². The molecule has 9 nitrogen and oxygen atoms in total. The summed E-state index contributed by atoms with van der Waals surface area (Å²) in [4.78, 5) is 73.5.